The van der Waals surface area contributed by atoms with E-state index < -0.39 is 23.8 Å². The highest BCUT2D eigenvalue weighted by atomic mass is 32.1. The summed E-state index contributed by atoms with van der Waals surface area (Å²) in [6.07, 6.45) is 2.73. The molecule has 1 fully saturated rings. The van der Waals surface area contributed by atoms with Crippen molar-refractivity contribution in [2.24, 2.45) is 0 Å². The minimum atomic E-state index is -0.942. The standard InChI is InChI=1S/C29H39N3O4S/c1-6-20-14-16-21(17-15-20)25(26(33)30-23-13-8-7-10-19(23)2)32(22-11-9-12-22)27(34)24(18-37)31-28(35)36-29(3,4)5/h7-8,10,13-17,22,24-25,37H,6,9,11-12,18H2,1-5H3,(H,30,33)(H,31,35). The van der Waals surface area contributed by atoms with E-state index in [0.29, 0.717) is 5.69 Å². The second-order valence-corrected chi connectivity index (χ2v) is 10.9. The number of carbonyl (C=O) groups excluding carboxylic acids is 3. The highest BCUT2D eigenvalue weighted by Gasteiger charge is 2.41. The second kappa shape index (κ2) is 12.5. The molecule has 1 aliphatic carbocycles. The number of thiol groups is 1. The maximum absolute atomic E-state index is 14.0. The van der Waals surface area contributed by atoms with Gasteiger partial charge in [0.25, 0.3) is 5.91 Å². The molecule has 2 atom stereocenters. The minimum absolute atomic E-state index is 0.0716. The Balaban J connectivity index is 1.99. The number of rotatable bonds is 9. The van der Waals surface area contributed by atoms with Gasteiger partial charge in [0.15, 0.2) is 0 Å². The lowest BCUT2D eigenvalue weighted by atomic mass is 9.88. The molecule has 1 saturated carbocycles. The molecule has 0 aliphatic heterocycles. The summed E-state index contributed by atoms with van der Waals surface area (Å²) >= 11 is 4.36. The van der Waals surface area contributed by atoms with E-state index in [1.807, 2.05) is 55.5 Å². The summed E-state index contributed by atoms with van der Waals surface area (Å²) in [5.74, 6) is -0.577. The Morgan fingerprint density at radius 3 is 2.24 bits per heavy atom. The number of alkyl carbamates (subject to hydrolysis) is 1. The van der Waals surface area contributed by atoms with Crippen molar-refractivity contribution in [3.05, 3.63) is 65.2 Å². The zero-order valence-corrected chi connectivity index (χ0v) is 23.3. The van der Waals surface area contributed by atoms with Gasteiger partial charge in [0.1, 0.15) is 17.7 Å². The van der Waals surface area contributed by atoms with Gasteiger partial charge in [-0.15, -0.1) is 0 Å². The van der Waals surface area contributed by atoms with Crippen LogP contribution in [0.5, 0.6) is 0 Å². The van der Waals surface area contributed by atoms with E-state index in [4.69, 9.17) is 4.74 Å². The maximum atomic E-state index is 14.0. The van der Waals surface area contributed by atoms with E-state index in [9.17, 15) is 14.4 Å². The molecule has 2 aromatic rings. The normalized spacial score (nSPS) is 15.2. The lowest BCUT2D eigenvalue weighted by Gasteiger charge is -2.43. The third kappa shape index (κ3) is 7.51. The van der Waals surface area contributed by atoms with Crippen molar-refractivity contribution in [2.45, 2.75) is 84.0 Å². The van der Waals surface area contributed by atoms with Gasteiger partial charge in [-0.1, -0.05) is 49.4 Å². The number of amides is 3. The van der Waals surface area contributed by atoms with Gasteiger partial charge >= 0.3 is 6.09 Å². The van der Waals surface area contributed by atoms with Crippen molar-refractivity contribution < 1.29 is 19.1 Å². The van der Waals surface area contributed by atoms with E-state index in [1.54, 1.807) is 25.7 Å². The average Bonchev–Trinajstić information content (AvgIpc) is 2.81. The Hall–Kier alpha value is -3.00. The van der Waals surface area contributed by atoms with E-state index in [0.717, 1.165) is 42.4 Å². The molecule has 0 saturated heterocycles. The monoisotopic (exact) mass is 525 g/mol. The Labute approximate surface area is 225 Å². The SMILES string of the molecule is CCc1ccc(C(C(=O)Nc2ccccc2C)N(C(=O)C(CS)NC(=O)OC(C)(C)C)C2CCC2)cc1. The molecule has 0 aromatic heterocycles. The van der Waals surface area contributed by atoms with Crippen LogP contribution >= 0.6 is 12.6 Å². The lowest BCUT2D eigenvalue weighted by Crippen LogP contribution is -2.57. The van der Waals surface area contributed by atoms with Gasteiger partial charge < -0.3 is 20.3 Å². The Morgan fingerprint density at radius 1 is 1.08 bits per heavy atom. The van der Waals surface area contributed by atoms with Crippen LogP contribution in [0.4, 0.5) is 10.5 Å². The lowest BCUT2D eigenvalue weighted by molar-refractivity contribution is -0.145. The van der Waals surface area contributed by atoms with Gasteiger partial charge in [0, 0.05) is 17.5 Å². The van der Waals surface area contributed by atoms with E-state index in [-0.39, 0.29) is 23.6 Å². The molecule has 1 aliphatic rings. The molecule has 3 rings (SSSR count). The van der Waals surface area contributed by atoms with Crippen LogP contribution in [-0.2, 0) is 20.7 Å². The van der Waals surface area contributed by atoms with Crippen molar-refractivity contribution >= 4 is 36.2 Å². The van der Waals surface area contributed by atoms with Gasteiger partial charge in [-0.05, 0) is 76.1 Å². The molecule has 3 amide bonds. The Bertz CT molecular complexity index is 1090. The summed E-state index contributed by atoms with van der Waals surface area (Å²) in [4.78, 5) is 42.1. The summed E-state index contributed by atoms with van der Waals surface area (Å²) in [6.45, 7) is 9.28. The molecule has 0 bridgehead atoms. The van der Waals surface area contributed by atoms with Crippen molar-refractivity contribution in [3.63, 3.8) is 0 Å². The van der Waals surface area contributed by atoms with Crippen LogP contribution in [0.1, 0.15) is 69.7 Å². The number of nitrogens with zero attached hydrogens (tertiary/aromatic N) is 1. The number of ether oxygens (including phenoxy) is 1. The number of hydrogen-bond donors (Lipinski definition) is 3. The summed E-state index contributed by atoms with van der Waals surface area (Å²) in [5, 5.41) is 5.71. The van der Waals surface area contributed by atoms with Crippen LogP contribution in [0, 0.1) is 6.92 Å². The van der Waals surface area contributed by atoms with Gasteiger partial charge in [0.2, 0.25) is 5.91 Å². The highest BCUT2D eigenvalue weighted by molar-refractivity contribution is 7.80. The number of nitrogens with one attached hydrogen (secondary N) is 2. The largest absolute Gasteiger partial charge is 0.444 e. The number of para-hydroxylation sites is 1. The zero-order chi connectivity index (χ0) is 27.2. The molecule has 8 heteroatoms. The quantitative estimate of drug-likeness (QED) is 0.381. The predicted octanol–water partition coefficient (Wildman–Crippen LogP) is 5.44. The number of hydrogen-bond acceptors (Lipinski definition) is 5. The van der Waals surface area contributed by atoms with Gasteiger partial charge in [0.05, 0.1) is 0 Å². The van der Waals surface area contributed by atoms with Crippen LogP contribution < -0.4 is 10.6 Å². The van der Waals surface area contributed by atoms with Gasteiger partial charge in [-0.3, -0.25) is 9.59 Å². The predicted molar refractivity (Wildman–Crippen MR) is 150 cm³/mol. The fourth-order valence-corrected chi connectivity index (χ4v) is 4.53. The molecule has 200 valence electrons. The van der Waals surface area contributed by atoms with E-state index in [1.165, 1.54) is 0 Å². The molecule has 2 aromatic carbocycles. The maximum Gasteiger partial charge on any atom is 0.408 e. The average molecular weight is 526 g/mol. The van der Waals surface area contributed by atoms with E-state index >= 15 is 0 Å². The smallest absolute Gasteiger partial charge is 0.408 e. The topological polar surface area (TPSA) is 87.7 Å². The molecule has 0 radical (unpaired) electrons. The summed E-state index contributed by atoms with van der Waals surface area (Å²) in [7, 11) is 0. The minimum Gasteiger partial charge on any atom is -0.444 e. The van der Waals surface area contributed by atoms with Crippen LogP contribution in [0.3, 0.4) is 0 Å². The van der Waals surface area contributed by atoms with Gasteiger partial charge in [-0.2, -0.15) is 12.6 Å². The van der Waals surface area contributed by atoms with E-state index in [2.05, 4.69) is 30.2 Å². The van der Waals surface area contributed by atoms with Crippen molar-refractivity contribution in [3.8, 4) is 0 Å². The molecule has 0 spiro atoms. The second-order valence-electron chi connectivity index (χ2n) is 10.5. The first-order chi connectivity index (χ1) is 17.5. The molecule has 2 unspecified atom stereocenters. The molecular formula is C29H39N3O4S. The van der Waals surface area contributed by atoms with Crippen molar-refractivity contribution in [1.82, 2.24) is 10.2 Å². The third-order valence-electron chi connectivity index (χ3n) is 6.53. The number of carbonyl (C=O) groups is 3. The summed E-state index contributed by atoms with van der Waals surface area (Å²) in [5.41, 5.74) is 2.78. The molecule has 7 nitrogen and oxygen atoms in total. The number of anilines is 1. The zero-order valence-electron chi connectivity index (χ0n) is 22.4. The van der Waals surface area contributed by atoms with Crippen LogP contribution in [-0.4, -0.2) is 46.2 Å². The summed E-state index contributed by atoms with van der Waals surface area (Å²) < 4.78 is 5.38. The molecular weight excluding hydrogens is 486 g/mol. The first-order valence-corrected chi connectivity index (χ1v) is 13.5. The third-order valence-corrected chi connectivity index (χ3v) is 6.89. The molecule has 37 heavy (non-hydrogen) atoms. The fraction of sp³-hybridized carbons (Fsp3) is 0.483. The number of benzene rings is 2. The highest BCUT2D eigenvalue weighted by Crippen LogP contribution is 2.34. The van der Waals surface area contributed by atoms with Crippen LogP contribution in [0.25, 0.3) is 0 Å². The Kier molecular flexibility index (Phi) is 9.65. The van der Waals surface area contributed by atoms with Crippen LogP contribution in [0.15, 0.2) is 48.5 Å². The Morgan fingerprint density at radius 2 is 1.73 bits per heavy atom. The van der Waals surface area contributed by atoms with Gasteiger partial charge in [-0.25, -0.2) is 4.79 Å². The number of aryl methyl sites for hydroxylation is 2. The van der Waals surface area contributed by atoms with Crippen LogP contribution in [0.2, 0.25) is 0 Å². The van der Waals surface area contributed by atoms with Crippen molar-refractivity contribution in [2.75, 3.05) is 11.1 Å². The molecule has 0 heterocycles. The molecule has 2 N–H and O–H groups in total. The first-order valence-electron chi connectivity index (χ1n) is 12.9. The summed E-state index contributed by atoms with van der Waals surface area (Å²) in [6, 6.07) is 13.4. The first kappa shape index (κ1) is 28.6. The fourth-order valence-electron chi connectivity index (χ4n) is 4.29. The van der Waals surface area contributed by atoms with Crippen molar-refractivity contribution in [1.29, 1.82) is 0 Å².